The minimum absolute atomic E-state index is 0.113. The Morgan fingerprint density at radius 1 is 1.06 bits per heavy atom. The molecule has 0 saturated carbocycles. The largest absolute Gasteiger partial charge is 0.417 e. The predicted octanol–water partition coefficient (Wildman–Crippen LogP) is 6.90. The Balaban J connectivity index is 1.62. The second-order valence-electron chi connectivity index (χ2n) is 6.63. The van der Waals surface area contributed by atoms with E-state index >= 15 is 0 Å². The van der Waals surface area contributed by atoms with Gasteiger partial charge in [-0.3, -0.25) is 4.57 Å². The third-order valence-corrected chi connectivity index (χ3v) is 5.06. The maximum atomic E-state index is 12.9. The first-order chi connectivity index (χ1) is 14.8. The number of hydrogen-bond donors (Lipinski definition) is 0. The van der Waals surface area contributed by atoms with E-state index in [0.29, 0.717) is 10.6 Å². The lowest BCUT2D eigenvalue weighted by Crippen LogP contribution is -2.07. The fourth-order valence-electron chi connectivity index (χ4n) is 3.03. The zero-order valence-corrected chi connectivity index (χ0v) is 17.3. The van der Waals surface area contributed by atoms with E-state index in [9.17, 15) is 13.2 Å². The molecule has 2 aromatic heterocycles. The van der Waals surface area contributed by atoms with Crippen LogP contribution in [0.5, 0.6) is 0 Å². The summed E-state index contributed by atoms with van der Waals surface area (Å²) in [6, 6.07) is 15.4. The van der Waals surface area contributed by atoms with E-state index < -0.39 is 11.7 Å². The van der Waals surface area contributed by atoms with Crippen LogP contribution in [0.1, 0.15) is 16.7 Å². The second-order valence-corrected chi connectivity index (χ2v) is 7.48. The number of aromatic nitrogens is 2. The number of halogens is 5. The molecule has 0 atom stereocenters. The fourth-order valence-corrected chi connectivity index (χ4v) is 3.42. The summed E-state index contributed by atoms with van der Waals surface area (Å²) >= 11 is 12.0. The minimum atomic E-state index is -4.52. The van der Waals surface area contributed by atoms with E-state index in [4.69, 9.17) is 28.0 Å². The van der Waals surface area contributed by atoms with Crippen molar-refractivity contribution in [2.24, 2.45) is 5.16 Å². The average molecular weight is 464 g/mol. The van der Waals surface area contributed by atoms with Crippen molar-refractivity contribution in [2.75, 3.05) is 0 Å². The van der Waals surface area contributed by atoms with Crippen LogP contribution in [0, 0.1) is 0 Å². The Morgan fingerprint density at radius 3 is 2.52 bits per heavy atom. The number of para-hydroxylation sites is 1. The summed E-state index contributed by atoms with van der Waals surface area (Å²) in [5, 5.41) is 5.35. The lowest BCUT2D eigenvalue weighted by atomic mass is 10.2. The first-order valence-electron chi connectivity index (χ1n) is 9.06. The maximum Gasteiger partial charge on any atom is 0.417 e. The van der Waals surface area contributed by atoms with E-state index in [1.807, 2.05) is 36.4 Å². The van der Waals surface area contributed by atoms with Crippen LogP contribution in [-0.2, 0) is 17.6 Å². The van der Waals surface area contributed by atoms with Crippen LogP contribution in [0.25, 0.3) is 16.7 Å². The molecule has 0 bridgehead atoms. The summed E-state index contributed by atoms with van der Waals surface area (Å²) in [6.07, 6.45) is -0.528. The number of rotatable bonds is 5. The van der Waals surface area contributed by atoms with Crippen LogP contribution < -0.4 is 0 Å². The molecule has 0 saturated heterocycles. The molecule has 9 heteroatoms. The molecule has 4 rings (SSSR count). The smallest absolute Gasteiger partial charge is 0.391 e. The molecular formula is C22H14Cl2F3N3O. The number of benzene rings is 2. The quantitative estimate of drug-likeness (QED) is 0.238. The molecule has 0 N–H and O–H groups in total. The number of hydrogen-bond acceptors (Lipinski definition) is 3. The van der Waals surface area contributed by atoms with Gasteiger partial charge in [-0.05, 0) is 29.8 Å². The Kier molecular flexibility index (Phi) is 5.89. The molecular weight excluding hydrogens is 450 g/mol. The van der Waals surface area contributed by atoms with Gasteiger partial charge in [0.25, 0.3) is 0 Å². The Bertz CT molecular complexity index is 1250. The second kappa shape index (κ2) is 8.61. The molecule has 0 spiro atoms. The van der Waals surface area contributed by atoms with Crippen LogP contribution >= 0.6 is 23.2 Å². The van der Waals surface area contributed by atoms with Gasteiger partial charge in [0.2, 0.25) is 0 Å². The molecule has 0 fully saturated rings. The van der Waals surface area contributed by atoms with Crippen molar-refractivity contribution in [3.63, 3.8) is 0 Å². The van der Waals surface area contributed by atoms with Crippen molar-refractivity contribution in [1.29, 1.82) is 0 Å². The van der Waals surface area contributed by atoms with Crippen LogP contribution in [-0.4, -0.2) is 15.8 Å². The highest BCUT2D eigenvalue weighted by molar-refractivity contribution is 6.32. The SMILES string of the molecule is FC(F)(F)c1cnc(-n2cc(C=NOCc3ccc(Cl)cc3)c3ccccc32)c(Cl)c1. The standard InChI is InChI=1S/C22H14Cl2F3N3O/c23-17-7-5-14(6-8-17)13-31-29-10-15-12-30(20-4-2-1-3-18(15)20)21-19(24)9-16(11-28-21)22(25,26)27/h1-12H,13H2. The van der Waals surface area contributed by atoms with Gasteiger partial charge in [-0.25, -0.2) is 4.98 Å². The van der Waals surface area contributed by atoms with Gasteiger partial charge in [0, 0.05) is 28.4 Å². The summed E-state index contributed by atoms with van der Waals surface area (Å²) in [4.78, 5) is 9.30. The van der Waals surface area contributed by atoms with E-state index in [2.05, 4.69) is 10.1 Å². The molecule has 0 aliphatic carbocycles. The summed E-state index contributed by atoms with van der Waals surface area (Å²) < 4.78 is 40.4. The molecule has 2 aromatic carbocycles. The van der Waals surface area contributed by atoms with Crippen molar-refractivity contribution in [3.05, 3.63) is 93.7 Å². The first kappa shape index (κ1) is 21.2. The van der Waals surface area contributed by atoms with Crippen LogP contribution in [0.3, 0.4) is 0 Å². The Hall–Kier alpha value is -3.03. The van der Waals surface area contributed by atoms with E-state index in [0.717, 1.165) is 28.7 Å². The molecule has 4 nitrogen and oxygen atoms in total. The van der Waals surface area contributed by atoms with Crippen molar-refractivity contribution >= 4 is 40.3 Å². The molecule has 4 aromatic rings. The zero-order valence-electron chi connectivity index (χ0n) is 15.8. The Labute approximate surface area is 185 Å². The molecule has 0 aliphatic rings. The number of nitrogens with zero attached hydrogens (tertiary/aromatic N) is 3. The monoisotopic (exact) mass is 463 g/mol. The zero-order chi connectivity index (χ0) is 22.0. The van der Waals surface area contributed by atoms with Gasteiger partial charge in [-0.1, -0.05) is 58.7 Å². The number of alkyl halides is 3. The predicted molar refractivity (Wildman–Crippen MR) is 115 cm³/mol. The molecule has 0 radical (unpaired) electrons. The average Bonchev–Trinajstić information content (AvgIpc) is 3.10. The number of oxime groups is 1. The lowest BCUT2D eigenvalue weighted by molar-refractivity contribution is -0.137. The van der Waals surface area contributed by atoms with Gasteiger partial charge in [0.05, 0.1) is 22.3 Å². The van der Waals surface area contributed by atoms with Gasteiger partial charge < -0.3 is 4.84 Å². The topological polar surface area (TPSA) is 39.4 Å². The fraction of sp³-hybridized carbons (Fsp3) is 0.0909. The third-order valence-electron chi connectivity index (χ3n) is 4.53. The highest BCUT2D eigenvalue weighted by atomic mass is 35.5. The summed E-state index contributed by atoms with van der Waals surface area (Å²) in [7, 11) is 0. The first-order valence-corrected chi connectivity index (χ1v) is 9.81. The van der Waals surface area contributed by atoms with Gasteiger partial charge in [0.15, 0.2) is 5.82 Å². The molecule has 158 valence electrons. The molecule has 0 aliphatic heterocycles. The number of pyridine rings is 1. The van der Waals surface area contributed by atoms with E-state index in [-0.39, 0.29) is 17.4 Å². The van der Waals surface area contributed by atoms with Crippen molar-refractivity contribution < 1.29 is 18.0 Å². The lowest BCUT2D eigenvalue weighted by Gasteiger charge is -2.10. The maximum absolute atomic E-state index is 12.9. The number of fused-ring (bicyclic) bond motifs is 1. The third kappa shape index (κ3) is 4.68. The molecule has 31 heavy (non-hydrogen) atoms. The summed E-state index contributed by atoms with van der Waals surface area (Å²) in [5.74, 6) is 0.188. The Morgan fingerprint density at radius 2 is 1.81 bits per heavy atom. The highest BCUT2D eigenvalue weighted by Crippen LogP contribution is 2.33. The van der Waals surface area contributed by atoms with E-state index in [1.165, 1.54) is 6.21 Å². The van der Waals surface area contributed by atoms with Crippen molar-refractivity contribution in [2.45, 2.75) is 12.8 Å². The highest BCUT2D eigenvalue weighted by Gasteiger charge is 2.31. The van der Waals surface area contributed by atoms with Gasteiger partial charge >= 0.3 is 6.18 Å². The molecule has 0 amide bonds. The van der Waals surface area contributed by atoms with Crippen LogP contribution in [0.15, 0.2) is 72.1 Å². The van der Waals surface area contributed by atoms with Crippen molar-refractivity contribution in [1.82, 2.24) is 9.55 Å². The van der Waals surface area contributed by atoms with Gasteiger partial charge in [-0.2, -0.15) is 13.2 Å². The normalized spacial score (nSPS) is 12.0. The summed E-state index contributed by atoms with van der Waals surface area (Å²) in [6.45, 7) is 0.262. The molecule has 2 heterocycles. The summed E-state index contributed by atoms with van der Waals surface area (Å²) in [5.41, 5.74) is 1.42. The molecule has 0 unspecified atom stereocenters. The van der Waals surface area contributed by atoms with E-state index in [1.54, 1.807) is 22.9 Å². The van der Waals surface area contributed by atoms with Crippen molar-refractivity contribution in [3.8, 4) is 5.82 Å². The van der Waals surface area contributed by atoms with Crippen LogP contribution in [0.4, 0.5) is 13.2 Å². The minimum Gasteiger partial charge on any atom is -0.391 e. The van der Waals surface area contributed by atoms with Gasteiger partial charge in [-0.15, -0.1) is 0 Å². The van der Waals surface area contributed by atoms with Gasteiger partial charge in [0.1, 0.15) is 6.61 Å². The van der Waals surface area contributed by atoms with Crippen LogP contribution in [0.2, 0.25) is 10.0 Å².